The molecular formula is C12H12ClN3OS. The number of halogens is 1. The quantitative estimate of drug-likeness (QED) is 0.689. The number of thioether (sulfide) groups is 1. The largest absolute Gasteiger partial charge is 0.481 e. The van der Waals surface area contributed by atoms with E-state index in [1.54, 1.807) is 24.9 Å². The standard InChI is InChI=1S/C12H12ClN3OS/c1-17-10-6-11(16-12(14)15-10)18-7-8-2-4-9(13)5-3-8/h2-6H,7H2,1H3,(H2,14,15,16). The van der Waals surface area contributed by atoms with Gasteiger partial charge < -0.3 is 10.5 Å². The highest BCUT2D eigenvalue weighted by Gasteiger charge is 2.03. The molecule has 0 aliphatic heterocycles. The van der Waals surface area contributed by atoms with E-state index in [4.69, 9.17) is 22.1 Å². The van der Waals surface area contributed by atoms with E-state index < -0.39 is 0 Å². The molecule has 0 saturated heterocycles. The van der Waals surface area contributed by atoms with E-state index in [1.165, 1.54) is 5.56 Å². The van der Waals surface area contributed by atoms with Crippen molar-refractivity contribution in [3.8, 4) is 5.88 Å². The van der Waals surface area contributed by atoms with Gasteiger partial charge in [0.05, 0.1) is 7.11 Å². The maximum atomic E-state index is 5.83. The van der Waals surface area contributed by atoms with Crippen LogP contribution in [0.2, 0.25) is 5.02 Å². The summed E-state index contributed by atoms with van der Waals surface area (Å²) in [5.74, 6) is 1.48. The number of benzene rings is 1. The smallest absolute Gasteiger partial charge is 0.224 e. The summed E-state index contributed by atoms with van der Waals surface area (Å²) in [7, 11) is 1.55. The fourth-order valence-electron chi connectivity index (χ4n) is 1.34. The maximum Gasteiger partial charge on any atom is 0.224 e. The zero-order chi connectivity index (χ0) is 13.0. The average molecular weight is 282 g/mol. The molecule has 0 unspecified atom stereocenters. The highest BCUT2D eigenvalue weighted by atomic mass is 35.5. The van der Waals surface area contributed by atoms with Gasteiger partial charge in [-0.3, -0.25) is 0 Å². The van der Waals surface area contributed by atoms with Gasteiger partial charge in [-0.15, -0.1) is 11.8 Å². The molecular weight excluding hydrogens is 270 g/mol. The molecule has 0 atom stereocenters. The van der Waals surface area contributed by atoms with Gasteiger partial charge in [0.1, 0.15) is 5.03 Å². The summed E-state index contributed by atoms with van der Waals surface area (Å²) in [4.78, 5) is 8.07. The SMILES string of the molecule is COc1cc(SCc2ccc(Cl)cc2)nc(N)n1. The van der Waals surface area contributed by atoms with Crippen LogP contribution in [0.4, 0.5) is 5.95 Å². The third-order valence-electron chi connectivity index (χ3n) is 2.21. The zero-order valence-corrected chi connectivity index (χ0v) is 11.3. The molecule has 2 N–H and O–H groups in total. The van der Waals surface area contributed by atoms with Crippen LogP contribution in [-0.2, 0) is 5.75 Å². The third kappa shape index (κ3) is 3.51. The van der Waals surface area contributed by atoms with E-state index in [2.05, 4.69) is 9.97 Å². The van der Waals surface area contributed by atoms with Crippen molar-refractivity contribution in [2.75, 3.05) is 12.8 Å². The van der Waals surface area contributed by atoms with E-state index in [1.807, 2.05) is 24.3 Å². The van der Waals surface area contributed by atoms with Crippen LogP contribution in [0, 0.1) is 0 Å². The molecule has 1 heterocycles. The van der Waals surface area contributed by atoms with Gasteiger partial charge in [-0.1, -0.05) is 23.7 Å². The summed E-state index contributed by atoms with van der Waals surface area (Å²) >= 11 is 7.40. The first-order chi connectivity index (χ1) is 8.67. The van der Waals surface area contributed by atoms with Crippen LogP contribution in [0.25, 0.3) is 0 Å². The summed E-state index contributed by atoms with van der Waals surface area (Å²) in [6.07, 6.45) is 0. The van der Waals surface area contributed by atoms with Crippen LogP contribution in [0.5, 0.6) is 5.88 Å². The van der Waals surface area contributed by atoms with Crippen molar-refractivity contribution < 1.29 is 4.74 Å². The summed E-state index contributed by atoms with van der Waals surface area (Å²) in [5, 5.41) is 1.52. The predicted octanol–water partition coefficient (Wildman–Crippen LogP) is 3.01. The van der Waals surface area contributed by atoms with Gasteiger partial charge in [0.25, 0.3) is 0 Å². The van der Waals surface area contributed by atoms with Crippen LogP contribution in [0.3, 0.4) is 0 Å². The molecule has 0 bridgehead atoms. The van der Waals surface area contributed by atoms with Crippen molar-refractivity contribution >= 4 is 29.3 Å². The van der Waals surface area contributed by atoms with Gasteiger partial charge >= 0.3 is 0 Å². The number of nitrogen functional groups attached to an aromatic ring is 1. The maximum absolute atomic E-state index is 5.83. The fraction of sp³-hybridized carbons (Fsp3) is 0.167. The van der Waals surface area contributed by atoms with Crippen LogP contribution in [0.15, 0.2) is 35.4 Å². The Morgan fingerprint density at radius 2 is 2.00 bits per heavy atom. The van der Waals surface area contributed by atoms with Gasteiger partial charge in [-0.25, -0.2) is 4.98 Å². The number of ether oxygens (including phenoxy) is 1. The van der Waals surface area contributed by atoms with Gasteiger partial charge in [-0.2, -0.15) is 4.98 Å². The van der Waals surface area contributed by atoms with E-state index >= 15 is 0 Å². The molecule has 94 valence electrons. The van der Waals surface area contributed by atoms with E-state index in [9.17, 15) is 0 Å². The first-order valence-corrected chi connectivity index (χ1v) is 6.59. The second-order valence-corrected chi connectivity index (χ2v) is 4.95. The Bertz CT molecular complexity index is 533. The third-order valence-corrected chi connectivity index (χ3v) is 3.44. The number of anilines is 1. The molecule has 0 saturated carbocycles. The lowest BCUT2D eigenvalue weighted by Gasteiger charge is -2.04. The number of rotatable bonds is 4. The second kappa shape index (κ2) is 5.93. The Balaban J connectivity index is 2.05. The van der Waals surface area contributed by atoms with E-state index in [-0.39, 0.29) is 5.95 Å². The molecule has 0 fully saturated rings. The highest BCUT2D eigenvalue weighted by molar-refractivity contribution is 7.98. The van der Waals surface area contributed by atoms with Gasteiger partial charge in [0.2, 0.25) is 11.8 Å². The molecule has 0 aliphatic rings. The van der Waals surface area contributed by atoms with Crippen LogP contribution >= 0.6 is 23.4 Å². The van der Waals surface area contributed by atoms with Gasteiger partial charge in [0.15, 0.2) is 0 Å². The van der Waals surface area contributed by atoms with Crippen molar-refractivity contribution in [2.45, 2.75) is 10.8 Å². The van der Waals surface area contributed by atoms with Gasteiger partial charge in [0, 0.05) is 16.8 Å². The molecule has 0 spiro atoms. The molecule has 0 aliphatic carbocycles. The Morgan fingerprint density at radius 3 is 2.67 bits per heavy atom. The molecule has 1 aromatic carbocycles. The summed E-state index contributed by atoms with van der Waals surface area (Å²) in [6, 6.07) is 9.46. The number of aromatic nitrogens is 2. The Labute approximate surface area is 115 Å². The summed E-state index contributed by atoms with van der Waals surface area (Å²) in [6.45, 7) is 0. The van der Waals surface area contributed by atoms with Crippen molar-refractivity contribution in [3.05, 3.63) is 40.9 Å². The van der Waals surface area contributed by atoms with Crippen LogP contribution < -0.4 is 10.5 Å². The molecule has 2 rings (SSSR count). The fourth-order valence-corrected chi connectivity index (χ4v) is 2.31. The first kappa shape index (κ1) is 13.0. The Morgan fingerprint density at radius 1 is 1.28 bits per heavy atom. The zero-order valence-electron chi connectivity index (χ0n) is 9.76. The van der Waals surface area contributed by atoms with Crippen molar-refractivity contribution in [1.82, 2.24) is 9.97 Å². The van der Waals surface area contributed by atoms with E-state index in [0.29, 0.717) is 5.88 Å². The minimum atomic E-state index is 0.216. The minimum absolute atomic E-state index is 0.216. The molecule has 18 heavy (non-hydrogen) atoms. The van der Waals surface area contributed by atoms with Crippen molar-refractivity contribution in [3.63, 3.8) is 0 Å². The second-order valence-electron chi connectivity index (χ2n) is 3.52. The van der Waals surface area contributed by atoms with Crippen LogP contribution in [0.1, 0.15) is 5.56 Å². The molecule has 0 amide bonds. The highest BCUT2D eigenvalue weighted by Crippen LogP contribution is 2.24. The van der Waals surface area contributed by atoms with Crippen molar-refractivity contribution in [2.24, 2.45) is 0 Å². The molecule has 0 radical (unpaired) electrons. The Hall–Kier alpha value is -1.46. The monoisotopic (exact) mass is 281 g/mol. The lowest BCUT2D eigenvalue weighted by Crippen LogP contribution is -1.98. The molecule has 2 aromatic rings. The lowest BCUT2D eigenvalue weighted by atomic mass is 10.2. The van der Waals surface area contributed by atoms with E-state index in [0.717, 1.165) is 15.8 Å². The number of hydrogen-bond donors (Lipinski definition) is 1. The van der Waals surface area contributed by atoms with Gasteiger partial charge in [-0.05, 0) is 17.7 Å². The number of methoxy groups -OCH3 is 1. The molecule has 4 nitrogen and oxygen atoms in total. The molecule has 6 heteroatoms. The van der Waals surface area contributed by atoms with Crippen molar-refractivity contribution in [1.29, 1.82) is 0 Å². The lowest BCUT2D eigenvalue weighted by molar-refractivity contribution is 0.396. The summed E-state index contributed by atoms with van der Waals surface area (Å²) in [5.41, 5.74) is 6.76. The minimum Gasteiger partial charge on any atom is -0.481 e. The van der Waals surface area contributed by atoms with Crippen LogP contribution in [-0.4, -0.2) is 17.1 Å². The average Bonchev–Trinajstić information content (AvgIpc) is 2.37. The number of nitrogens with two attached hydrogens (primary N) is 1. The Kier molecular flexibility index (Phi) is 4.28. The number of hydrogen-bond acceptors (Lipinski definition) is 5. The topological polar surface area (TPSA) is 61.0 Å². The predicted molar refractivity (Wildman–Crippen MR) is 74.0 cm³/mol. The summed E-state index contributed by atoms with van der Waals surface area (Å²) < 4.78 is 5.04. The first-order valence-electron chi connectivity index (χ1n) is 5.23. The normalized spacial score (nSPS) is 10.3. The number of nitrogens with zero attached hydrogens (tertiary/aromatic N) is 2. The molecule has 1 aromatic heterocycles.